The van der Waals surface area contributed by atoms with Crippen LogP contribution in [0.4, 0.5) is 10.5 Å². The third-order valence-electron chi connectivity index (χ3n) is 2.95. The predicted octanol–water partition coefficient (Wildman–Crippen LogP) is 1.81. The van der Waals surface area contributed by atoms with Crippen LogP contribution in [0.25, 0.3) is 0 Å². The van der Waals surface area contributed by atoms with Crippen LogP contribution in [-0.2, 0) is 4.79 Å². The van der Waals surface area contributed by atoms with Gasteiger partial charge in [0.1, 0.15) is 6.04 Å². The molecule has 1 aromatic carbocycles. The summed E-state index contributed by atoms with van der Waals surface area (Å²) in [5.41, 5.74) is 0.753. The van der Waals surface area contributed by atoms with Crippen molar-refractivity contribution in [1.82, 2.24) is 10.6 Å². The van der Waals surface area contributed by atoms with Crippen LogP contribution in [0.5, 0.6) is 0 Å². The second-order valence-corrected chi connectivity index (χ2v) is 5.13. The molecule has 1 unspecified atom stereocenters. The van der Waals surface area contributed by atoms with Gasteiger partial charge in [-0.25, -0.2) is 4.79 Å². The molecule has 102 valence electrons. The molecule has 19 heavy (non-hydrogen) atoms. The van der Waals surface area contributed by atoms with Gasteiger partial charge in [-0.1, -0.05) is 12.1 Å². The first-order valence-corrected chi connectivity index (χ1v) is 7.41. The minimum absolute atomic E-state index is 0.112. The van der Waals surface area contributed by atoms with Gasteiger partial charge in [-0.15, -0.1) is 11.8 Å². The first kappa shape index (κ1) is 13.7. The van der Waals surface area contributed by atoms with E-state index in [4.69, 9.17) is 0 Å². The maximum Gasteiger partial charge on any atom is 0.319 e. The Bertz CT molecular complexity index is 479. The number of para-hydroxylation sites is 1. The van der Waals surface area contributed by atoms with E-state index in [-0.39, 0.29) is 11.9 Å². The molecule has 1 saturated heterocycles. The SMILES string of the molecule is CSc1ccccc1NC(=O)NC1CCCNC1=O. The summed E-state index contributed by atoms with van der Waals surface area (Å²) in [5, 5.41) is 8.21. The summed E-state index contributed by atoms with van der Waals surface area (Å²) in [6.45, 7) is 0.688. The Hall–Kier alpha value is -1.69. The summed E-state index contributed by atoms with van der Waals surface area (Å²) in [6.07, 6.45) is 3.52. The summed E-state index contributed by atoms with van der Waals surface area (Å²) in [5.74, 6) is -0.112. The van der Waals surface area contributed by atoms with Crippen molar-refractivity contribution in [3.63, 3.8) is 0 Å². The predicted molar refractivity (Wildman–Crippen MR) is 76.4 cm³/mol. The zero-order valence-electron chi connectivity index (χ0n) is 10.7. The number of anilines is 1. The summed E-state index contributed by atoms with van der Waals surface area (Å²) >= 11 is 1.56. The average molecular weight is 279 g/mol. The molecule has 1 aliphatic heterocycles. The van der Waals surface area contributed by atoms with Gasteiger partial charge in [0, 0.05) is 11.4 Å². The van der Waals surface area contributed by atoms with Crippen LogP contribution in [0.15, 0.2) is 29.2 Å². The molecule has 0 aliphatic carbocycles. The van der Waals surface area contributed by atoms with Gasteiger partial charge in [-0.3, -0.25) is 4.79 Å². The van der Waals surface area contributed by atoms with Crippen LogP contribution in [0.1, 0.15) is 12.8 Å². The number of carbonyl (C=O) groups excluding carboxylic acids is 2. The van der Waals surface area contributed by atoms with Gasteiger partial charge in [-0.05, 0) is 31.2 Å². The van der Waals surface area contributed by atoms with Crippen molar-refractivity contribution in [2.75, 3.05) is 18.1 Å². The Kier molecular flexibility index (Phi) is 4.68. The monoisotopic (exact) mass is 279 g/mol. The first-order valence-electron chi connectivity index (χ1n) is 6.19. The van der Waals surface area contributed by atoms with Crippen molar-refractivity contribution in [1.29, 1.82) is 0 Å². The molecule has 1 atom stereocenters. The molecule has 0 radical (unpaired) electrons. The van der Waals surface area contributed by atoms with E-state index in [1.807, 2.05) is 30.5 Å². The third-order valence-corrected chi connectivity index (χ3v) is 3.74. The third kappa shape index (κ3) is 3.64. The standard InChI is InChI=1S/C13H17N3O2S/c1-19-11-7-3-2-5-9(11)15-13(18)16-10-6-4-8-14-12(10)17/h2-3,5,7,10H,4,6,8H2,1H3,(H,14,17)(H2,15,16,18). The molecule has 6 heteroatoms. The first-order chi connectivity index (χ1) is 9.20. The highest BCUT2D eigenvalue weighted by molar-refractivity contribution is 7.98. The molecule has 0 aromatic heterocycles. The maximum atomic E-state index is 11.9. The molecule has 0 bridgehead atoms. The van der Waals surface area contributed by atoms with Gasteiger partial charge in [0.2, 0.25) is 5.91 Å². The van der Waals surface area contributed by atoms with E-state index < -0.39 is 6.04 Å². The largest absolute Gasteiger partial charge is 0.354 e. The lowest BCUT2D eigenvalue weighted by atomic mass is 10.1. The molecule has 3 N–H and O–H groups in total. The Morgan fingerprint density at radius 1 is 1.42 bits per heavy atom. The Morgan fingerprint density at radius 2 is 2.21 bits per heavy atom. The normalized spacial score (nSPS) is 18.6. The maximum absolute atomic E-state index is 11.9. The number of nitrogens with one attached hydrogen (secondary N) is 3. The second-order valence-electron chi connectivity index (χ2n) is 4.28. The fourth-order valence-corrected chi connectivity index (χ4v) is 2.53. The van der Waals surface area contributed by atoms with Crippen molar-refractivity contribution in [2.24, 2.45) is 0 Å². The van der Waals surface area contributed by atoms with E-state index in [9.17, 15) is 9.59 Å². The van der Waals surface area contributed by atoms with Crippen LogP contribution in [0.2, 0.25) is 0 Å². The van der Waals surface area contributed by atoms with E-state index in [0.29, 0.717) is 13.0 Å². The van der Waals surface area contributed by atoms with Crippen LogP contribution in [0.3, 0.4) is 0 Å². The van der Waals surface area contributed by atoms with E-state index in [1.165, 1.54) is 0 Å². The van der Waals surface area contributed by atoms with Gasteiger partial charge in [0.15, 0.2) is 0 Å². The van der Waals surface area contributed by atoms with Crippen LogP contribution in [-0.4, -0.2) is 30.8 Å². The fourth-order valence-electron chi connectivity index (χ4n) is 1.97. The van der Waals surface area contributed by atoms with Crippen molar-refractivity contribution in [2.45, 2.75) is 23.8 Å². The van der Waals surface area contributed by atoms with Gasteiger partial charge < -0.3 is 16.0 Å². The summed E-state index contributed by atoms with van der Waals surface area (Å²) < 4.78 is 0. The van der Waals surface area contributed by atoms with Crippen LogP contribution >= 0.6 is 11.8 Å². The molecule has 5 nitrogen and oxygen atoms in total. The van der Waals surface area contributed by atoms with Gasteiger partial charge >= 0.3 is 6.03 Å². The molecule has 1 fully saturated rings. The Balaban J connectivity index is 1.95. The Morgan fingerprint density at radius 3 is 2.95 bits per heavy atom. The number of urea groups is 1. The minimum Gasteiger partial charge on any atom is -0.354 e. The molecule has 0 spiro atoms. The zero-order valence-corrected chi connectivity index (χ0v) is 11.5. The Labute approximate surface area is 116 Å². The van der Waals surface area contributed by atoms with Crippen molar-refractivity contribution >= 4 is 29.4 Å². The number of benzene rings is 1. The molecule has 3 amide bonds. The van der Waals surface area contributed by atoms with Gasteiger partial charge in [0.05, 0.1) is 5.69 Å². The van der Waals surface area contributed by atoms with Crippen LogP contribution < -0.4 is 16.0 Å². The number of carbonyl (C=O) groups is 2. The van der Waals surface area contributed by atoms with Crippen molar-refractivity contribution in [3.8, 4) is 0 Å². The van der Waals surface area contributed by atoms with E-state index in [0.717, 1.165) is 17.0 Å². The highest BCUT2D eigenvalue weighted by Crippen LogP contribution is 2.24. The quantitative estimate of drug-likeness (QED) is 0.739. The van der Waals surface area contributed by atoms with Gasteiger partial charge in [0.25, 0.3) is 0 Å². The van der Waals surface area contributed by atoms with Gasteiger partial charge in [-0.2, -0.15) is 0 Å². The highest BCUT2D eigenvalue weighted by atomic mass is 32.2. The minimum atomic E-state index is -0.435. The lowest BCUT2D eigenvalue weighted by molar-refractivity contribution is -0.124. The average Bonchev–Trinajstić information content (AvgIpc) is 2.42. The van der Waals surface area contributed by atoms with Crippen molar-refractivity contribution < 1.29 is 9.59 Å². The molecule has 2 rings (SSSR count). The lowest BCUT2D eigenvalue weighted by Gasteiger charge is -2.23. The molecular weight excluding hydrogens is 262 g/mol. The van der Waals surface area contributed by atoms with Crippen LogP contribution in [0, 0.1) is 0 Å². The lowest BCUT2D eigenvalue weighted by Crippen LogP contribution is -2.51. The van der Waals surface area contributed by atoms with E-state index >= 15 is 0 Å². The molecule has 1 aliphatic rings. The molecular formula is C13H17N3O2S. The molecule has 1 heterocycles. The number of hydrogen-bond acceptors (Lipinski definition) is 3. The summed E-state index contributed by atoms with van der Waals surface area (Å²) in [7, 11) is 0. The number of rotatable bonds is 3. The smallest absolute Gasteiger partial charge is 0.319 e. The number of piperidine rings is 1. The molecule has 0 saturated carbocycles. The summed E-state index contributed by atoms with van der Waals surface area (Å²) in [4.78, 5) is 24.4. The van der Waals surface area contributed by atoms with E-state index in [1.54, 1.807) is 11.8 Å². The number of amides is 3. The van der Waals surface area contributed by atoms with E-state index in [2.05, 4.69) is 16.0 Å². The number of thioether (sulfide) groups is 1. The van der Waals surface area contributed by atoms with Crippen molar-refractivity contribution in [3.05, 3.63) is 24.3 Å². The number of hydrogen-bond donors (Lipinski definition) is 3. The highest BCUT2D eigenvalue weighted by Gasteiger charge is 2.23. The second kappa shape index (κ2) is 6.47. The molecule has 1 aromatic rings. The topological polar surface area (TPSA) is 70.2 Å². The fraction of sp³-hybridized carbons (Fsp3) is 0.385. The summed E-state index contributed by atoms with van der Waals surface area (Å²) in [6, 6.07) is 6.78. The zero-order chi connectivity index (χ0) is 13.7.